The number of nitrogens with zero attached hydrogens (tertiary/aromatic N) is 3. The molecule has 0 aliphatic carbocycles. The third-order valence-corrected chi connectivity index (χ3v) is 5.84. The second kappa shape index (κ2) is 7.87. The van der Waals surface area contributed by atoms with Crippen molar-refractivity contribution in [2.75, 3.05) is 18.6 Å². The lowest BCUT2D eigenvalue weighted by Gasteiger charge is -2.20. The lowest BCUT2D eigenvalue weighted by atomic mass is 10.1. The Morgan fingerprint density at radius 2 is 1.77 bits per heavy atom. The van der Waals surface area contributed by atoms with Gasteiger partial charge in [-0.1, -0.05) is 42.5 Å². The van der Waals surface area contributed by atoms with E-state index in [1.165, 1.54) is 6.07 Å². The van der Waals surface area contributed by atoms with Crippen molar-refractivity contribution in [1.82, 2.24) is 9.55 Å². The molecular formula is C25H22FN3O2. The number of imidazole rings is 1. The van der Waals surface area contributed by atoms with E-state index in [0.717, 1.165) is 22.5 Å². The first-order valence-corrected chi connectivity index (χ1v) is 10.3. The van der Waals surface area contributed by atoms with Crippen molar-refractivity contribution in [3.63, 3.8) is 0 Å². The lowest BCUT2D eigenvalue weighted by molar-refractivity contribution is -0.117. The molecule has 1 aromatic heterocycles. The number of amides is 1. The van der Waals surface area contributed by atoms with Crippen LogP contribution in [0.4, 0.5) is 10.1 Å². The average Bonchev–Trinajstić information content (AvgIpc) is 3.36. The fourth-order valence-electron chi connectivity index (χ4n) is 4.34. The predicted molar refractivity (Wildman–Crippen MR) is 118 cm³/mol. The lowest BCUT2D eigenvalue weighted by Crippen LogP contribution is -2.25. The molecule has 0 bridgehead atoms. The molecule has 5 nitrogen and oxygen atoms in total. The third-order valence-electron chi connectivity index (χ3n) is 5.84. The van der Waals surface area contributed by atoms with E-state index in [2.05, 4.69) is 0 Å². The summed E-state index contributed by atoms with van der Waals surface area (Å²) in [6, 6.07) is 22.1. The van der Waals surface area contributed by atoms with Crippen molar-refractivity contribution in [1.29, 1.82) is 0 Å². The molecule has 156 valence electrons. The predicted octanol–water partition coefficient (Wildman–Crippen LogP) is 4.75. The molecule has 2 heterocycles. The Morgan fingerprint density at radius 3 is 2.61 bits per heavy atom. The molecule has 0 spiro atoms. The van der Waals surface area contributed by atoms with Gasteiger partial charge in [-0.25, -0.2) is 9.37 Å². The number of fused-ring (bicyclic) bond motifs is 1. The number of para-hydroxylation sites is 4. The van der Waals surface area contributed by atoms with Crippen molar-refractivity contribution in [2.24, 2.45) is 0 Å². The number of aromatic nitrogens is 2. The summed E-state index contributed by atoms with van der Waals surface area (Å²) in [6.07, 6.45) is 0.346. The van der Waals surface area contributed by atoms with Crippen LogP contribution in [-0.4, -0.2) is 29.1 Å². The molecular weight excluding hydrogens is 393 g/mol. The van der Waals surface area contributed by atoms with E-state index >= 15 is 0 Å². The minimum atomic E-state index is -0.246. The molecule has 0 N–H and O–H groups in total. The second-order valence-corrected chi connectivity index (χ2v) is 7.71. The summed E-state index contributed by atoms with van der Waals surface area (Å²) in [5.74, 6) is 1.14. The molecule has 0 radical (unpaired) electrons. The van der Waals surface area contributed by atoms with Crippen molar-refractivity contribution in [3.8, 4) is 5.75 Å². The van der Waals surface area contributed by atoms with Gasteiger partial charge in [-0.05, 0) is 30.3 Å². The third kappa shape index (κ3) is 3.44. The summed E-state index contributed by atoms with van der Waals surface area (Å²) < 4.78 is 21.9. The van der Waals surface area contributed by atoms with Crippen LogP contribution >= 0.6 is 0 Å². The number of rotatable bonds is 5. The van der Waals surface area contributed by atoms with Crippen molar-refractivity contribution >= 4 is 22.6 Å². The Balaban J connectivity index is 1.55. The number of carbonyl (C=O) groups excluding carboxylic acids is 1. The number of benzene rings is 3. The van der Waals surface area contributed by atoms with Crippen molar-refractivity contribution in [2.45, 2.75) is 18.9 Å². The molecule has 0 unspecified atom stereocenters. The minimum absolute atomic E-state index is 0.0268. The number of ether oxygens (including phenoxy) is 1. The Labute approximate surface area is 179 Å². The Kier molecular flexibility index (Phi) is 4.90. The fourth-order valence-corrected chi connectivity index (χ4v) is 4.34. The maximum atomic E-state index is 14.4. The standard InChI is InChI=1S/C25H22FN3O2/c1-31-23-13-7-6-12-22(23)28-16-18(14-24(28)30)25-27-20-10-4-5-11-21(20)29(25)15-17-8-2-3-9-19(17)26/h2-13,18H,14-16H2,1H3/t18-/m0/s1. The van der Waals surface area contributed by atoms with E-state index in [-0.39, 0.29) is 17.6 Å². The molecule has 1 aliphatic heterocycles. The number of anilines is 1. The molecule has 1 aliphatic rings. The summed E-state index contributed by atoms with van der Waals surface area (Å²) in [5, 5.41) is 0. The van der Waals surface area contributed by atoms with Gasteiger partial charge in [0.05, 0.1) is 30.4 Å². The van der Waals surface area contributed by atoms with E-state index in [0.29, 0.717) is 30.8 Å². The van der Waals surface area contributed by atoms with Gasteiger partial charge in [-0.2, -0.15) is 0 Å². The van der Waals surface area contributed by atoms with E-state index in [4.69, 9.17) is 9.72 Å². The zero-order valence-corrected chi connectivity index (χ0v) is 17.2. The maximum Gasteiger partial charge on any atom is 0.227 e. The first-order chi connectivity index (χ1) is 15.2. The van der Waals surface area contributed by atoms with Crippen LogP contribution in [-0.2, 0) is 11.3 Å². The Hall–Kier alpha value is -3.67. The van der Waals surface area contributed by atoms with Gasteiger partial charge >= 0.3 is 0 Å². The molecule has 3 aromatic carbocycles. The van der Waals surface area contributed by atoms with Gasteiger partial charge in [0, 0.05) is 24.4 Å². The Morgan fingerprint density at radius 1 is 1.03 bits per heavy atom. The first kappa shape index (κ1) is 19.3. The van der Waals surface area contributed by atoms with Crippen LogP contribution in [0, 0.1) is 5.82 Å². The summed E-state index contributed by atoms with van der Waals surface area (Å²) >= 11 is 0. The summed E-state index contributed by atoms with van der Waals surface area (Å²) in [6.45, 7) is 0.863. The molecule has 6 heteroatoms. The highest BCUT2D eigenvalue weighted by molar-refractivity contribution is 5.97. The normalized spacial score (nSPS) is 16.3. The van der Waals surface area contributed by atoms with Gasteiger partial charge in [0.25, 0.3) is 0 Å². The molecule has 5 rings (SSSR count). The minimum Gasteiger partial charge on any atom is -0.495 e. The van der Waals surface area contributed by atoms with Gasteiger partial charge in [-0.3, -0.25) is 4.79 Å². The quantitative estimate of drug-likeness (QED) is 0.473. The maximum absolute atomic E-state index is 14.4. The van der Waals surface area contributed by atoms with Crippen LogP contribution in [0.1, 0.15) is 23.7 Å². The van der Waals surface area contributed by atoms with E-state index in [9.17, 15) is 9.18 Å². The topological polar surface area (TPSA) is 47.4 Å². The number of hydrogen-bond acceptors (Lipinski definition) is 3. The zero-order chi connectivity index (χ0) is 21.4. The van der Waals surface area contributed by atoms with Crippen LogP contribution in [0.3, 0.4) is 0 Å². The fraction of sp³-hybridized carbons (Fsp3) is 0.200. The first-order valence-electron chi connectivity index (χ1n) is 10.3. The van der Waals surface area contributed by atoms with E-state index < -0.39 is 0 Å². The largest absolute Gasteiger partial charge is 0.495 e. The van der Waals surface area contributed by atoms with Crippen LogP contribution in [0.15, 0.2) is 72.8 Å². The van der Waals surface area contributed by atoms with Crippen LogP contribution in [0.5, 0.6) is 5.75 Å². The molecule has 1 atom stereocenters. The van der Waals surface area contributed by atoms with Crippen LogP contribution in [0.25, 0.3) is 11.0 Å². The molecule has 4 aromatic rings. The van der Waals surface area contributed by atoms with Gasteiger partial charge in [0.2, 0.25) is 5.91 Å². The summed E-state index contributed by atoms with van der Waals surface area (Å²) in [7, 11) is 1.60. The van der Waals surface area contributed by atoms with Gasteiger partial charge in [0.15, 0.2) is 0 Å². The highest BCUT2D eigenvalue weighted by atomic mass is 19.1. The van der Waals surface area contributed by atoms with Crippen molar-refractivity contribution < 1.29 is 13.9 Å². The molecule has 1 amide bonds. The molecule has 1 saturated heterocycles. The zero-order valence-electron chi connectivity index (χ0n) is 17.2. The summed E-state index contributed by atoms with van der Waals surface area (Å²) in [4.78, 5) is 19.6. The molecule has 0 saturated carbocycles. The van der Waals surface area contributed by atoms with Gasteiger partial charge < -0.3 is 14.2 Å². The number of halogens is 1. The highest BCUT2D eigenvalue weighted by Gasteiger charge is 2.36. The molecule has 1 fully saturated rings. The smallest absolute Gasteiger partial charge is 0.227 e. The van der Waals surface area contributed by atoms with Gasteiger partial charge in [0.1, 0.15) is 17.4 Å². The summed E-state index contributed by atoms with van der Waals surface area (Å²) in [5.41, 5.74) is 3.13. The van der Waals surface area contributed by atoms with E-state index in [1.54, 1.807) is 24.1 Å². The van der Waals surface area contributed by atoms with E-state index in [1.807, 2.05) is 59.2 Å². The second-order valence-electron chi connectivity index (χ2n) is 7.71. The monoisotopic (exact) mass is 415 g/mol. The number of carbonyl (C=O) groups is 1. The average molecular weight is 415 g/mol. The number of hydrogen-bond donors (Lipinski definition) is 0. The van der Waals surface area contributed by atoms with Crippen molar-refractivity contribution in [3.05, 3.63) is 90.0 Å². The van der Waals surface area contributed by atoms with Crippen LogP contribution < -0.4 is 9.64 Å². The highest BCUT2D eigenvalue weighted by Crippen LogP contribution is 2.37. The van der Waals surface area contributed by atoms with Crippen LogP contribution in [0.2, 0.25) is 0 Å². The molecule has 31 heavy (non-hydrogen) atoms. The SMILES string of the molecule is COc1ccccc1N1C[C@@H](c2nc3ccccc3n2Cc2ccccc2F)CC1=O. The number of methoxy groups -OCH3 is 1. The van der Waals surface area contributed by atoms with Gasteiger partial charge in [-0.15, -0.1) is 0 Å². The Bertz CT molecular complexity index is 1270.